The minimum atomic E-state index is -4.49. The van der Waals surface area contributed by atoms with E-state index in [4.69, 9.17) is 9.15 Å². The standard InChI is InChI=1S/C20H16F3NO4/c1-12-18(13-5-3-2-4-6-13)19(26)15-8-7-14(9-16(15)28-12)27-10-17(25)24-11-20(21,22)23/h2-9H,10-11H2,1H3,(H,24,25). The molecule has 0 aliphatic rings. The van der Waals surface area contributed by atoms with Gasteiger partial charge in [-0.3, -0.25) is 9.59 Å². The van der Waals surface area contributed by atoms with Crippen LogP contribution in [0.5, 0.6) is 5.75 Å². The van der Waals surface area contributed by atoms with Crippen LogP contribution in [0.15, 0.2) is 57.7 Å². The highest BCUT2D eigenvalue weighted by Gasteiger charge is 2.27. The van der Waals surface area contributed by atoms with Gasteiger partial charge in [-0.05, 0) is 24.6 Å². The van der Waals surface area contributed by atoms with Crippen LogP contribution in [-0.2, 0) is 4.79 Å². The van der Waals surface area contributed by atoms with Gasteiger partial charge in [0.1, 0.15) is 23.6 Å². The number of fused-ring (bicyclic) bond motifs is 1. The van der Waals surface area contributed by atoms with E-state index in [9.17, 15) is 22.8 Å². The summed E-state index contributed by atoms with van der Waals surface area (Å²) >= 11 is 0. The van der Waals surface area contributed by atoms with E-state index in [-0.39, 0.29) is 16.8 Å². The molecule has 5 nitrogen and oxygen atoms in total. The molecule has 1 aromatic heterocycles. The van der Waals surface area contributed by atoms with Gasteiger partial charge in [0.25, 0.3) is 5.91 Å². The normalized spacial score (nSPS) is 11.4. The summed E-state index contributed by atoms with van der Waals surface area (Å²) in [6, 6.07) is 13.5. The number of alkyl halides is 3. The van der Waals surface area contributed by atoms with Crippen molar-refractivity contribution in [1.29, 1.82) is 0 Å². The lowest BCUT2D eigenvalue weighted by Gasteiger charge is -2.10. The van der Waals surface area contributed by atoms with E-state index in [1.54, 1.807) is 12.2 Å². The van der Waals surface area contributed by atoms with Gasteiger partial charge in [-0.2, -0.15) is 13.2 Å². The molecule has 0 aliphatic heterocycles. The average molecular weight is 391 g/mol. The Morgan fingerprint density at radius 1 is 1.14 bits per heavy atom. The molecule has 3 rings (SSSR count). The number of amides is 1. The predicted octanol–water partition coefficient (Wildman–Crippen LogP) is 3.83. The fourth-order valence-corrected chi connectivity index (χ4v) is 2.71. The summed E-state index contributed by atoms with van der Waals surface area (Å²) in [6.07, 6.45) is -4.49. The fraction of sp³-hybridized carbons (Fsp3) is 0.200. The molecular formula is C20H16F3NO4. The molecular weight excluding hydrogens is 375 g/mol. The third-order valence-corrected chi connectivity index (χ3v) is 3.96. The Kier molecular flexibility index (Phi) is 5.39. The number of halogens is 3. The van der Waals surface area contributed by atoms with Gasteiger partial charge in [-0.1, -0.05) is 30.3 Å². The van der Waals surface area contributed by atoms with Gasteiger partial charge in [-0.25, -0.2) is 0 Å². The molecule has 0 radical (unpaired) electrons. The second kappa shape index (κ2) is 7.75. The van der Waals surface area contributed by atoms with Gasteiger partial charge in [0.2, 0.25) is 5.43 Å². The van der Waals surface area contributed by atoms with Crippen LogP contribution >= 0.6 is 0 Å². The highest BCUT2D eigenvalue weighted by atomic mass is 19.4. The number of aryl methyl sites for hydroxylation is 1. The number of ether oxygens (including phenoxy) is 1. The lowest BCUT2D eigenvalue weighted by molar-refractivity contribution is -0.139. The van der Waals surface area contributed by atoms with Crippen molar-refractivity contribution in [2.24, 2.45) is 0 Å². The smallest absolute Gasteiger partial charge is 0.405 e. The molecule has 0 fully saturated rings. The Bertz CT molecular complexity index is 1060. The zero-order valence-electron chi connectivity index (χ0n) is 14.8. The average Bonchev–Trinajstić information content (AvgIpc) is 2.64. The largest absolute Gasteiger partial charge is 0.484 e. The van der Waals surface area contributed by atoms with Gasteiger partial charge in [0, 0.05) is 6.07 Å². The summed E-state index contributed by atoms with van der Waals surface area (Å²) < 4.78 is 47.2. The number of hydrogen-bond acceptors (Lipinski definition) is 4. The fourth-order valence-electron chi connectivity index (χ4n) is 2.71. The molecule has 0 unspecified atom stereocenters. The summed E-state index contributed by atoms with van der Waals surface area (Å²) in [5, 5.41) is 2.04. The van der Waals surface area contributed by atoms with Crippen molar-refractivity contribution in [1.82, 2.24) is 5.32 Å². The first-order valence-electron chi connectivity index (χ1n) is 8.34. The number of carbonyl (C=O) groups excluding carboxylic acids is 1. The highest BCUT2D eigenvalue weighted by Crippen LogP contribution is 2.26. The third-order valence-electron chi connectivity index (χ3n) is 3.96. The minimum Gasteiger partial charge on any atom is -0.484 e. The quantitative estimate of drug-likeness (QED) is 0.718. The van der Waals surface area contributed by atoms with Gasteiger partial charge in [0.15, 0.2) is 6.61 Å². The SMILES string of the molecule is Cc1oc2cc(OCC(=O)NCC(F)(F)F)ccc2c(=O)c1-c1ccccc1. The second-order valence-corrected chi connectivity index (χ2v) is 6.07. The Hall–Kier alpha value is -3.29. The zero-order valence-corrected chi connectivity index (χ0v) is 14.8. The molecule has 28 heavy (non-hydrogen) atoms. The molecule has 146 valence electrons. The molecule has 0 saturated carbocycles. The predicted molar refractivity (Wildman–Crippen MR) is 97.2 cm³/mol. The first-order chi connectivity index (χ1) is 13.2. The van der Waals surface area contributed by atoms with Crippen LogP contribution in [0.1, 0.15) is 5.76 Å². The summed E-state index contributed by atoms with van der Waals surface area (Å²) in [4.78, 5) is 24.3. The van der Waals surface area contributed by atoms with Gasteiger partial charge in [-0.15, -0.1) is 0 Å². The van der Waals surface area contributed by atoms with Crippen LogP contribution in [0, 0.1) is 6.92 Å². The van der Waals surface area contributed by atoms with E-state index in [0.717, 1.165) is 5.56 Å². The molecule has 1 amide bonds. The van der Waals surface area contributed by atoms with Crippen LogP contribution in [0.25, 0.3) is 22.1 Å². The van der Waals surface area contributed by atoms with E-state index in [1.807, 2.05) is 30.3 Å². The van der Waals surface area contributed by atoms with Gasteiger partial charge in [0.05, 0.1) is 10.9 Å². The molecule has 3 aromatic rings. The molecule has 1 N–H and O–H groups in total. The Morgan fingerprint density at radius 2 is 1.86 bits per heavy atom. The first kappa shape index (κ1) is 19.5. The van der Waals surface area contributed by atoms with Gasteiger partial charge >= 0.3 is 6.18 Å². The van der Waals surface area contributed by atoms with Crippen molar-refractivity contribution in [3.8, 4) is 16.9 Å². The number of carbonyl (C=O) groups is 1. The second-order valence-electron chi connectivity index (χ2n) is 6.07. The molecule has 1 heterocycles. The van der Waals surface area contributed by atoms with Crippen molar-refractivity contribution in [2.75, 3.05) is 13.2 Å². The van der Waals surface area contributed by atoms with Crippen molar-refractivity contribution in [3.63, 3.8) is 0 Å². The number of rotatable bonds is 5. The highest BCUT2D eigenvalue weighted by molar-refractivity contribution is 5.84. The van der Waals surface area contributed by atoms with E-state index in [0.29, 0.717) is 16.7 Å². The number of hydrogen-bond donors (Lipinski definition) is 1. The lowest BCUT2D eigenvalue weighted by atomic mass is 10.0. The van der Waals surface area contributed by atoms with Crippen molar-refractivity contribution >= 4 is 16.9 Å². The topological polar surface area (TPSA) is 68.5 Å². The molecule has 0 saturated heterocycles. The van der Waals surface area contributed by atoms with Crippen LogP contribution < -0.4 is 15.5 Å². The minimum absolute atomic E-state index is 0.199. The van der Waals surface area contributed by atoms with Crippen molar-refractivity contribution in [2.45, 2.75) is 13.1 Å². The number of benzene rings is 2. The van der Waals surface area contributed by atoms with E-state index >= 15 is 0 Å². The maximum atomic E-state index is 12.8. The molecule has 0 aliphatic carbocycles. The Balaban J connectivity index is 1.81. The summed E-state index contributed by atoms with van der Waals surface area (Å²) in [5.74, 6) is -0.289. The maximum Gasteiger partial charge on any atom is 0.405 e. The zero-order chi connectivity index (χ0) is 20.3. The summed E-state index contributed by atoms with van der Waals surface area (Å²) in [7, 11) is 0. The van der Waals surface area contributed by atoms with E-state index < -0.39 is 25.2 Å². The monoisotopic (exact) mass is 391 g/mol. The Labute approximate surface area is 157 Å². The number of nitrogens with one attached hydrogen (secondary N) is 1. The van der Waals surface area contributed by atoms with E-state index in [2.05, 4.69) is 0 Å². The molecule has 0 bridgehead atoms. The summed E-state index contributed by atoms with van der Waals surface area (Å²) in [6.45, 7) is -0.350. The summed E-state index contributed by atoms with van der Waals surface area (Å²) in [5.41, 5.74) is 1.24. The third kappa shape index (κ3) is 4.51. The van der Waals surface area contributed by atoms with Crippen LogP contribution in [0.3, 0.4) is 0 Å². The lowest BCUT2D eigenvalue weighted by Crippen LogP contribution is -2.36. The molecule has 0 atom stereocenters. The molecule has 0 spiro atoms. The first-order valence-corrected chi connectivity index (χ1v) is 8.34. The molecule has 8 heteroatoms. The molecule has 2 aromatic carbocycles. The van der Waals surface area contributed by atoms with E-state index in [1.165, 1.54) is 18.2 Å². The van der Waals surface area contributed by atoms with Crippen LogP contribution in [0.2, 0.25) is 0 Å². The maximum absolute atomic E-state index is 12.8. The van der Waals surface area contributed by atoms with Crippen LogP contribution in [-0.4, -0.2) is 25.2 Å². The van der Waals surface area contributed by atoms with Crippen molar-refractivity contribution in [3.05, 3.63) is 64.5 Å². The van der Waals surface area contributed by atoms with Crippen LogP contribution in [0.4, 0.5) is 13.2 Å². The van der Waals surface area contributed by atoms with Crippen molar-refractivity contribution < 1.29 is 27.1 Å². The Morgan fingerprint density at radius 3 is 2.54 bits per heavy atom. The van der Waals surface area contributed by atoms with Gasteiger partial charge < -0.3 is 14.5 Å².